The van der Waals surface area contributed by atoms with Crippen molar-refractivity contribution < 1.29 is 19.0 Å². The van der Waals surface area contributed by atoms with Crippen LogP contribution in [-0.4, -0.2) is 39.9 Å². The first-order valence-electron chi connectivity index (χ1n) is 7.42. The Hall–Kier alpha value is -2.01. The molecule has 0 radical (unpaired) electrons. The van der Waals surface area contributed by atoms with E-state index in [4.69, 9.17) is 14.2 Å². The number of hydrogen-bond donors (Lipinski definition) is 1. The summed E-state index contributed by atoms with van der Waals surface area (Å²) < 4.78 is 15.9. The molecule has 0 aliphatic carbocycles. The van der Waals surface area contributed by atoms with Gasteiger partial charge in [-0.15, -0.1) is 0 Å². The van der Waals surface area contributed by atoms with Crippen molar-refractivity contribution in [3.8, 4) is 11.5 Å². The Bertz CT molecular complexity index is 512. The number of rotatable bonds is 9. The Labute approximate surface area is 132 Å². The highest BCUT2D eigenvalue weighted by atomic mass is 16.5. The molecule has 0 bridgehead atoms. The third-order valence-corrected chi connectivity index (χ3v) is 3.07. The first kappa shape index (κ1) is 18.0. The molecule has 0 unspecified atom stereocenters. The molecule has 0 aliphatic heterocycles. The van der Waals surface area contributed by atoms with Crippen LogP contribution in [0.2, 0.25) is 0 Å². The lowest BCUT2D eigenvalue weighted by molar-refractivity contribution is 0.0944. The molecule has 0 saturated heterocycles. The molecule has 122 valence electrons. The van der Waals surface area contributed by atoms with Crippen LogP contribution in [0.25, 0.3) is 6.08 Å². The van der Waals surface area contributed by atoms with E-state index in [1.54, 1.807) is 26.4 Å². The first-order chi connectivity index (χ1) is 10.7. The van der Waals surface area contributed by atoms with E-state index in [1.165, 1.54) is 0 Å². The second kappa shape index (κ2) is 9.84. The Morgan fingerprint density at radius 2 is 2.05 bits per heavy atom. The molecule has 0 aromatic heterocycles. The van der Waals surface area contributed by atoms with Crippen LogP contribution in [0.1, 0.15) is 36.2 Å². The fourth-order valence-electron chi connectivity index (χ4n) is 2.05. The third-order valence-electron chi connectivity index (χ3n) is 3.07. The Kier molecular flexibility index (Phi) is 8.07. The number of nitrogens with one attached hydrogen (secondary N) is 1. The van der Waals surface area contributed by atoms with Gasteiger partial charge >= 0.3 is 0 Å². The summed E-state index contributed by atoms with van der Waals surface area (Å²) in [5, 5.41) is 2.88. The summed E-state index contributed by atoms with van der Waals surface area (Å²) in [7, 11) is 3.14. The summed E-state index contributed by atoms with van der Waals surface area (Å²) >= 11 is 0. The van der Waals surface area contributed by atoms with E-state index in [0.29, 0.717) is 36.8 Å². The van der Waals surface area contributed by atoms with Gasteiger partial charge in [-0.25, -0.2) is 0 Å². The zero-order chi connectivity index (χ0) is 16.4. The maximum absolute atomic E-state index is 12.2. The van der Waals surface area contributed by atoms with E-state index < -0.39 is 0 Å². The first-order valence-corrected chi connectivity index (χ1v) is 7.42. The molecule has 0 heterocycles. The van der Waals surface area contributed by atoms with Crippen LogP contribution < -0.4 is 14.8 Å². The molecule has 1 aromatic carbocycles. The van der Waals surface area contributed by atoms with Gasteiger partial charge < -0.3 is 19.5 Å². The average molecular weight is 307 g/mol. The maximum atomic E-state index is 12.2. The highest BCUT2D eigenvalue weighted by Crippen LogP contribution is 2.33. The number of benzene rings is 1. The van der Waals surface area contributed by atoms with E-state index in [1.807, 2.05) is 26.0 Å². The molecule has 1 aromatic rings. The minimum Gasteiger partial charge on any atom is -0.493 e. The number of carbonyl (C=O) groups excluding carboxylic acids is 1. The highest BCUT2D eigenvalue weighted by molar-refractivity contribution is 5.95. The van der Waals surface area contributed by atoms with Gasteiger partial charge in [-0.05, 0) is 32.4 Å². The van der Waals surface area contributed by atoms with Crippen molar-refractivity contribution in [3.05, 3.63) is 29.3 Å². The minimum absolute atomic E-state index is 0.136. The molecular formula is C17H25NO4. The van der Waals surface area contributed by atoms with Crippen LogP contribution in [0.3, 0.4) is 0 Å². The van der Waals surface area contributed by atoms with Gasteiger partial charge in [0.15, 0.2) is 11.5 Å². The maximum Gasteiger partial charge on any atom is 0.251 e. The molecule has 1 amide bonds. The Morgan fingerprint density at radius 1 is 1.27 bits per heavy atom. The topological polar surface area (TPSA) is 56.8 Å². The monoisotopic (exact) mass is 307 g/mol. The summed E-state index contributed by atoms with van der Waals surface area (Å²) in [6, 6.07) is 3.48. The second-order valence-corrected chi connectivity index (χ2v) is 4.61. The molecule has 0 aliphatic rings. The lowest BCUT2D eigenvalue weighted by Crippen LogP contribution is -2.25. The summed E-state index contributed by atoms with van der Waals surface area (Å²) in [6.07, 6.45) is 4.56. The molecule has 5 nitrogen and oxygen atoms in total. The third kappa shape index (κ3) is 5.07. The van der Waals surface area contributed by atoms with E-state index in [-0.39, 0.29) is 5.91 Å². The van der Waals surface area contributed by atoms with Gasteiger partial charge in [0.1, 0.15) is 0 Å². The largest absolute Gasteiger partial charge is 0.493 e. The molecule has 22 heavy (non-hydrogen) atoms. The average Bonchev–Trinajstić information content (AvgIpc) is 2.53. The van der Waals surface area contributed by atoms with Crippen LogP contribution in [0.5, 0.6) is 11.5 Å². The number of methoxy groups -OCH3 is 2. The predicted octanol–water partition coefficient (Wildman–Crippen LogP) is 2.89. The number of allylic oxidation sites excluding steroid dienone is 1. The van der Waals surface area contributed by atoms with Crippen LogP contribution >= 0.6 is 0 Å². The van der Waals surface area contributed by atoms with Crippen molar-refractivity contribution in [2.75, 3.05) is 34.0 Å². The number of amides is 1. The summed E-state index contributed by atoms with van der Waals surface area (Å²) in [4.78, 5) is 12.2. The van der Waals surface area contributed by atoms with Gasteiger partial charge in [0.25, 0.3) is 5.91 Å². The fraction of sp³-hybridized carbons (Fsp3) is 0.471. The number of hydrogen-bond acceptors (Lipinski definition) is 4. The Morgan fingerprint density at radius 3 is 2.64 bits per heavy atom. The van der Waals surface area contributed by atoms with Crippen molar-refractivity contribution in [2.45, 2.75) is 20.3 Å². The minimum atomic E-state index is -0.136. The summed E-state index contributed by atoms with van der Waals surface area (Å²) in [6.45, 7) is 5.77. The van der Waals surface area contributed by atoms with E-state index in [0.717, 1.165) is 12.0 Å². The van der Waals surface area contributed by atoms with Gasteiger partial charge in [-0.2, -0.15) is 0 Å². The van der Waals surface area contributed by atoms with Crippen molar-refractivity contribution in [3.63, 3.8) is 0 Å². The standard InChI is InChI=1S/C17H25NO4/c1-5-8-13-11-14(12-15(20-3)16(13)21-4)17(19)18-9-7-10-22-6-2/h5,8,11-12H,6-7,9-10H2,1-4H3,(H,18,19)/b8-5+. The van der Waals surface area contributed by atoms with E-state index in [2.05, 4.69) is 5.32 Å². The van der Waals surface area contributed by atoms with Crippen LogP contribution in [-0.2, 0) is 4.74 Å². The molecule has 0 atom stereocenters. The van der Waals surface area contributed by atoms with Gasteiger partial charge in [0.2, 0.25) is 0 Å². The highest BCUT2D eigenvalue weighted by Gasteiger charge is 2.14. The van der Waals surface area contributed by atoms with E-state index >= 15 is 0 Å². The van der Waals surface area contributed by atoms with Gasteiger partial charge in [0, 0.05) is 30.9 Å². The van der Waals surface area contributed by atoms with Crippen LogP contribution in [0.4, 0.5) is 0 Å². The molecule has 1 rings (SSSR count). The molecule has 0 spiro atoms. The van der Waals surface area contributed by atoms with Crippen molar-refractivity contribution in [1.82, 2.24) is 5.32 Å². The fourth-order valence-corrected chi connectivity index (χ4v) is 2.05. The Balaban J connectivity index is 2.85. The van der Waals surface area contributed by atoms with Crippen LogP contribution in [0.15, 0.2) is 18.2 Å². The number of carbonyl (C=O) groups is 1. The summed E-state index contributed by atoms with van der Waals surface area (Å²) in [5.41, 5.74) is 1.35. The molecule has 0 fully saturated rings. The lowest BCUT2D eigenvalue weighted by Gasteiger charge is -2.13. The van der Waals surface area contributed by atoms with Gasteiger partial charge in [-0.3, -0.25) is 4.79 Å². The molecule has 0 saturated carbocycles. The molecule has 5 heteroatoms. The zero-order valence-electron chi connectivity index (χ0n) is 13.8. The summed E-state index contributed by atoms with van der Waals surface area (Å²) in [5.74, 6) is 1.02. The normalized spacial score (nSPS) is 10.7. The predicted molar refractivity (Wildman–Crippen MR) is 87.7 cm³/mol. The van der Waals surface area contributed by atoms with Gasteiger partial charge in [-0.1, -0.05) is 12.2 Å². The van der Waals surface area contributed by atoms with E-state index in [9.17, 15) is 4.79 Å². The number of ether oxygens (including phenoxy) is 3. The van der Waals surface area contributed by atoms with Crippen LogP contribution in [0, 0.1) is 0 Å². The quantitative estimate of drug-likeness (QED) is 0.713. The smallest absolute Gasteiger partial charge is 0.251 e. The SMILES string of the molecule is C/C=C/c1cc(C(=O)NCCCOCC)cc(OC)c1OC. The zero-order valence-corrected chi connectivity index (χ0v) is 13.8. The lowest BCUT2D eigenvalue weighted by atomic mass is 10.1. The van der Waals surface area contributed by atoms with Crippen molar-refractivity contribution in [1.29, 1.82) is 0 Å². The molecule has 1 N–H and O–H groups in total. The van der Waals surface area contributed by atoms with Crippen molar-refractivity contribution in [2.24, 2.45) is 0 Å². The van der Waals surface area contributed by atoms with Crippen molar-refractivity contribution >= 4 is 12.0 Å². The second-order valence-electron chi connectivity index (χ2n) is 4.61. The van der Waals surface area contributed by atoms with Gasteiger partial charge in [0.05, 0.1) is 14.2 Å². The molecular weight excluding hydrogens is 282 g/mol.